The maximum atomic E-state index is 11.7. The van der Waals surface area contributed by atoms with Gasteiger partial charge in [0, 0.05) is 6.54 Å². The van der Waals surface area contributed by atoms with Crippen LogP contribution >= 0.6 is 0 Å². The van der Waals surface area contributed by atoms with Gasteiger partial charge in [-0.3, -0.25) is 0 Å². The van der Waals surface area contributed by atoms with Gasteiger partial charge in [0.15, 0.2) is 11.5 Å². The van der Waals surface area contributed by atoms with Crippen LogP contribution in [-0.4, -0.2) is 47.5 Å². The lowest BCUT2D eigenvalue weighted by atomic mass is 10.1. The molecule has 0 spiro atoms. The van der Waals surface area contributed by atoms with E-state index in [2.05, 4.69) is 10.0 Å². The molecule has 2 N–H and O–H groups in total. The van der Waals surface area contributed by atoms with Gasteiger partial charge in [0.1, 0.15) is 13.2 Å². The Kier molecular flexibility index (Phi) is 5.84. The first-order valence-corrected chi connectivity index (χ1v) is 8.76. The van der Waals surface area contributed by atoms with Gasteiger partial charge in [-0.15, -0.1) is 0 Å². The van der Waals surface area contributed by atoms with E-state index in [1.165, 1.54) is 0 Å². The molecule has 1 aromatic carbocycles. The number of hydrogen-bond donors (Lipinski definition) is 2. The molecule has 0 saturated carbocycles. The maximum Gasteiger partial charge on any atom is 0.211 e. The highest BCUT2D eigenvalue weighted by Gasteiger charge is 2.12. The molecule has 21 heavy (non-hydrogen) atoms. The molecule has 0 amide bonds. The number of benzene rings is 1. The van der Waals surface area contributed by atoms with Gasteiger partial charge in [0.05, 0.1) is 5.75 Å². The van der Waals surface area contributed by atoms with Crippen LogP contribution < -0.4 is 19.5 Å². The second-order valence-corrected chi connectivity index (χ2v) is 6.82. The normalized spacial score (nSPS) is 14.1. The molecule has 1 aromatic rings. The molecule has 118 valence electrons. The van der Waals surface area contributed by atoms with E-state index in [4.69, 9.17) is 9.47 Å². The van der Waals surface area contributed by atoms with Crippen LogP contribution in [-0.2, 0) is 16.4 Å². The summed E-state index contributed by atoms with van der Waals surface area (Å²) in [5.41, 5.74) is 1.03. The third-order valence-electron chi connectivity index (χ3n) is 3.18. The Bertz CT molecular complexity index is 560. The van der Waals surface area contributed by atoms with Gasteiger partial charge in [-0.25, -0.2) is 13.1 Å². The van der Waals surface area contributed by atoms with Crippen molar-refractivity contribution < 1.29 is 17.9 Å². The molecule has 0 saturated heterocycles. The summed E-state index contributed by atoms with van der Waals surface area (Å²) in [7, 11) is -1.38. The van der Waals surface area contributed by atoms with Crippen molar-refractivity contribution >= 4 is 10.0 Å². The number of fused-ring (bicyclic) bond motifs is 1. The standard InChI is InChI=1S/C14H22N2O4S/c1-15-6-2-10-21(17,18)16-7-5-12-3-4-13-14(11-12)20-9-8-19-13/h3-4,11,15-16H,2,5-10H2,1H3. The molecule has 1 aliphatic rings. The molecule has 0 radical (unpaired) electrons. The predicted octanol–water partition coefficient (Wildman–Crippen LogP) is 0.529. The van der Waals surface area contributed by atoms with Crippen LogP contribution in [0.15, 0.2) is 18.2 Å². The molecular formula is C14H22N2O4S. The molecule has 0 fully saturated rings. The highest BCUT2D eigenvalue weighted by molar-refractivity contribution is 7.89. The Balaban J connectivity index is 1.80. The molecule has 1 aliphatic heterocycles. The largest absolute Gasteiger partial charge is 0.486 e. The van der Waals surface area contributed by atoms with Gasteiger partial charge >= 0.3 is 0 Å². The van der Waals surface area contributed by atoms with E-state index in [0.717, 1.165) is 17.1 Å². The SMILES string of the molecule is CNCCCS(=O)(=O)NCCc1ccc2c(c1)OCCO2. The van der Waals surface area contributed by atoms with E-state index in [1.54, 1.807) is 0 Å². The summed E-state index contributed by atoms with van der Waals surface area (Å²) in [4.78, 5) is 0. The van der Waals surface area contributed by atoms with Crippen LogP contribution in [0.25, 0.3) is 0 Å². The predicted molar refractivity (Wildman–Crippen MR) is 81.5 cm³/mol. The second-order valence-electron chi connectivity index (χ2n) is 4.90. The highest BCUT2D eigenvalue weighted by atomic mass is 32.2. The lowest BCUT2D eigenvalue weighted by Gasteiger charge is -2.18. The Labute approximate surface area is 125 Å². The van der Waals surface area contributed by atoms with E-state index in [-0.39, 0.29) is 5.75 Å². The average molecular weight is 314 g/mol. The van der Waals surface area contributed by atoms with Gasteiger partial charge in [0.25, 0.3) is 0 Å². The van der Waals surface area contributed by atoms with E-state index in [1.807, 2.05) is 25.2 Å². The second kappa shape index (κ2) is 7.63. The van der Waals surface area contributed by atoms with Crippen molar-refractivity contribution in [2.24, 2.45) is 0 Å². The van der Waals surface area contributed by atoms with Crippen molar-refractivity contribution in [3.05, 3.63) is 23.8 Å². The van der Waals surface area contributed by atoms with Crippen LogP contribution in [0.2, 0.25) is 0 Å². The zero-order valence-electron chi connectivity index (χ0n) is 12.2. The molecule has 0 atom stereocenters. The van der Waals surface area contributed by atoms with Crippen molar-refractivity contribution in [1.29, 1.82) is 0 Å². The van der Waals surface area contributed by atoms with Gasteiger partial charge in [-0.1, -0.05) is 6.07 Å². The summed E-state index contributed by atoms with van der Waals surface area (Å²) in [5, 5.41) is 2.93. The van der Waals surface area contributed by atoms with Crippen LogP contribution in [0.5, 0.6) is 11.5 Å². The summed E-state index contributed by atoms with van der Waals surface area (Å²) in [6.07, 6.45) is 1.23. The molecule has 2 rings (SSSR count). The fraction of sp³-hybridized carbons (Fsp3) is 0.571. The van der Waals surface area contributed by atoms with Gasteiger partial charge < -0.3 is 14.8 Å². The molecule has 0 aromatic heterocycles. The third kappa shape index (κ3) is 5.18. The van der Waals surface area contributed by atoms with E-state index < -0.39 is 10.0 Å². The summed E-state index contributed by atoms with van der Waals surface area (Å²) in [5.74, 6) is 1.63. The summed E-state index contributed by atoms with van der Waals surface area (Å²) in [6.45, 7) is 2.21. The minimum atomic E-state index is -3.19. The van der Waals surface area contributed by atoms with Crippen LogP contribution in [0.3, 0.4) is 0 Å². The molecule has 0 bridgehead atoms. The lowest BCUT2D eigenvalue weighted by Crippen LogP contribution is -2.29. The molecule has 0 unspecified atom stereocenters. The maximum absolute atomic E-state index is 11.7. The zero-order chi connectivity index (χ0) is 15.1. The Morgan fingerprint density at radius 1 is 1.14 bits per heavy atom. The molecular weight excluding hydrogens is 292 g/mol. The molecule has 1 heterocycles. The third-order valence-corrected chi connectivity index (χ3v) is 4.65. The van der Waals surface area contributed by atoms with E-state index >= 15 is 0 Å². The first-order valence-electron chi connectivity index (χ1n) is 7.11. The topological polar surface area (TPSA) is 76.7 Å². The summed E-state index contributed by atoms with van der Waals surface area (Å²) < 4.78 is 37.1. The summed E-state index contributed by atoms with van der Waals surface area (Å²) in [6, 6.07) is 5.71. The Morgan fingerprint density at radius 2 is 1.90 bits per heavy atom. The quantitative estimate of drug-likeness (QED) is 0.685. The summed E-state index contributed by atoms with van der Waals surface area (Å²) >= 11 is 0. The number of rotatable bonds is 8. The monoisotopic (exact) mass is 314 g/mol. The van der Waals surface area contributed by atoms with Crippen LogP contribution in [0.1, 0.15) is 12.0 Å². The molecule has 7 heteroatoms. The number of nitrogens with one attached hydrogen (secondary N) is 2. The average Bonchev–Trinajstić information content (AvgIpc) is 2.47. The number of hydrogen-bond acceptors (Lipinski definition) is 5. The zero-order valence-corrected chi connectivity index (χ0v) is 13.0. The minimum Gasteiger partial charge on any atom is -0.486 e. The molecule has 0 aliphatic carbocycles. The lowest BCUT2D eigenvalue weighted by molar-refractivity contribution is 0.171. The Hall–Kier alpha value is -1.31. The first-order chi connectivity index (χ1) is 10.1. The van der Waals surface area contributed by atoms with E-state index in [9.17, 15) is 8.42 Å². The molecule has 6 nitrogen and oxygen atoms in total. The van der Waals surface area contributed by atoms with Crippen molar-refractivity contribution in [1.82, 2.24) is 10.0 Å². The van der Waals surface area contributed by atoms with Gasteiger partial charge in [-0.05, 0) is 44.1 Å². The smallest absolute Gasteiger partial charge is 0.211 e. The highest BCUT2D eigenvalue weighted by Crippen LogP contribution is 2.30. The Morgan fingerprint density at radius 3 is 2.67 bits per heavy atom. The fourth-order valence-corrected chi connectivity index (χ4v) is 3.19. The van der Waals surface area contributed by atoms with Crippen molar-refractivity contribution in [3.63, 3.8) is 0 Å². The minimum absolute atomic E-state index is 0.148. The van der Waals surface area contributed by atoms with Crippen molar-refractivity contribution in [2.45, 2.75) is 12.8 Å². The first kappa shape index (κ1) is 16.1. The van der Waals surface area contributed by atoms with Crippen LogP contribution in [0, 0.1) is 0 Å². The van der Waals surface area contributed by atoms with Gasteiger partial charge in [0.2, 0.25) is 10.0 Å². The van der Waals surface area contributed by atoms with Crippen molar-refractivity contribution in [2.75, 3.05) is 39.1 Å². The number of ether oxygens (including phenoxy) is 2. The van der Waals surface area contributed by atoms with Crippen LogP contribution in [0.4, 0.5) is 0 Å². The van der Waals surface area contributed by atoms with E-state index in [0.29, 0.717) is 39.1 Å². The van der Waals surface area contributed by atoms with Crippen molar-refractivity contribution in [3.8, 4) is 11.5 Å². The van der Waals surface area contributed by atoms with Gasteiger partial charge in [-0.2, -0.15) is 0 Å². The number of sulfonamides is 1. The fourth-order valence-electron chi connectivity index (χ4n) is 2.11.